The maximum atomic E-state index is 11.9. The third-order valence-corrected chi connectivity index (χ3v) is 32.6. The summed E-state index contributed by atoms with van der Waals surface area (Å²) in [4.78, 5) is 16.3. The Morgan fingerprint density at radius 2 is 0.342 bits per heavy atom. The highest BCUT2D eigenvalue weighted by atomic mass is 32.2. The first-order valence-electron chi connectivity index (χ1n) is 43.8. The average Bonchev–Trinajstić information content (AvgIpc) is 0.811. The fourth-order valence-corrected chi connectivity index (χ4v) is 22.0. The summed E-state index contributed by atoms with van der Waals surface area (Å²) in [6.45, 7) is 35.2. The minimum Gasteiger partial charge on any atom is -0.743 e. The number of alkyl halides is 20. The number of aliphatic hydroxyl groups excluding tert-OH is 4. The Labute approximate surface area is 864 Å². The smallest absolute Gasteiger partial charge is 0.421 e. The maximum absolute atomic E-state index is 11.9. The van der Waals surface area contributed by atoms with Crippen molar-refractivity contribution in [3.8, 4) is 5.75 Å². The Balaban J connectivity index is 0.000000306. The van der Waals surface area contributed by atoms with E-state index in [9.17, 15) is 140 Å². The molecule has 0 heterocycles. The van der Waals surface area contributed by atoms with Crippen molar-refractivity contribution in [3.05, 3.63) is 354 Å². The lowest BCUT2D eigenvalue weighted by molar-refractivity contribution is -0.249. The van der Waals surface area contributed by atoms with Crippen LogP contribution in [0.3, 0.4) is 0 Å². The van der Waals surface area contributed by atoms with Crippen molar-refractivity contribution in [3.63, 3.8) is 0 Å². The van der Waals surface area contributed by atoms with Crippen LogP contribution < -0.4 is 4.74 Å². The molecule has 0 radical (unpaired) electrons. The van der Waals surface area contributed by atoms with E-state index < -0.39 is 111 Å². The highest BCUT2D eigenvalue weighted by molar-refractivity contribution is 7.98. The third-order valence-electron chi connectivity index (χ3n) is 20.1. The highest BCUT2D eigenvalue weighted by Gasteiger charge is 2.63. The first kappa shape index (κ1) is 129. The Morgan fingerprint density at radius 1 is 0.215 bits per heavy atom. The van der Waals surface area contributed by atoms with Crippen molar-refractivity contribution >= 4 is 84.1 Å². The van der Waals surface area contributed by atoms with Crippen molar-refractivity contribution in [1.29, 1.82) is 0 Å². The first-order chi connectivity index (χ1) is 67.9. The largest absolute Gasteiger partial charge is 0.743 e. The zero-order chi connectivity index (χ0) is 114. The van der Waals surface area contributed by atoms with Crippen LogP contribution in [0.1, 0.15) is 122 Å². The van der Waals surface area contributed by atoms with Crippen molar-refractivity contribution < 1.29 is 165 Å². The second kappa shape index (κ2) is 52.0. The van der Waals surface area contributed by atoms with Crippen LogP contribution in [0.2, 0.25) is 0 Å². The van der Waals surface area contributed by atoms with E-state index in [-0.39, 0.29) is 65.4 Å². The summed E-state index contributed by atoms with van der Waals surface area (Å²) in [6, 6.07) is 115. The molecule has 0 bridgehead atoms. The van der Waals surface area contributed by atoms with Crippen LogP contribution in [0.5, 0.6) is 5.75 Å². The maximum Gasteiger partial charge on any atom is 0.421 e. The highest BCUT2D eigenvalue weighted by Crippen LogP contribution is 2.44. The predicted octanol–water partition coefficient (Wildman–Crippen LogP) is 25.6. The summed E-state index contributed by atoms with van der Waals surface area (Å²) in [7, 11) is -26.4. The summed E-state index contributed by atoms with van der Waals surface area (Å²) >= 11 is 0. The third kappa shape index (κ3) is 38.6. The van der Waals surface area contributed by atoms with Gasteiger partial charge in [-0.3, -0.25) is 0 Å². The van der Waals surface area contributed by atoms with E-state index in [1.807, 2.05) is 0 Å². The average molecular weight is 2270 g/mol. The van der Waals surface area contributed by atoms with Crippen LogP contribution in [0.15, 0.2) is 374 Å². The second-order valence-corrected chi connectivity index (χ2v) is 50.5. The van der Waals surface area contributed by atoms with Gasteiger partial charge in [-0.15, -0.1) is 0 Å². The Kier molecular flexibility index (Phi) is 45.2. The molecule has 814 valence electrons. The molecule has 0 aliphatic carbocycles. The van der Waals surface area contributed by atoms with Gasteiger partial charge in [0.15, 0.2) is 99.2 Å². The Morgan fingerprint density at radius 3 is 0.456 bits per heavy atom. The quantitative estimate of drug-likeness (QED) is 0.0295. The number of hydrogen-bond donors (Lipinski definition) is 4. The molecule has 12 aromatic carbocycles. The van der Waals surface area contributed by atoms with Gasteiger partial charge in [-0.2, -0.15) is 87.8 Å². The number of halogens is 20. The summed E-state index contributed by atoms with van der Waals surface area (Å²) in [6.07, 6.45) is -41.5. The second-order valence-electron chi connectivity index (χ2n) is 36.6. The van der Waals surface area contributed by atoms with Crippen molar-refractivity contribution in [2.75, 3.05) is 0 Å². The van der Waals surface area contributed by atoms with Crippen molar-refractivity contribution in [2.24, 2.45) is 0 Å². The van der Waals surface area contributed by atoms with Gasteiger partial charge >= 0.3 is 45.7 Å². The molecule has 4 N–H and O–H groups in total. The summed E-state index contributed by atoms with van der Waals surface area (Å²) in [5, 5.41) is 8.09. The number of aryl methyl sites for hydroxylation is 4. The topological polar surface area (TPSA) is 319 Å². The van der Waals surface area contributed by atoms with Crippen molar-refractivity contribution in [1.82, 2.24) is 0 Å². The summed E-state index contributed by atoms with van der Waals surface area (Å²) < 4.78 is 353. The first-order valence-corrected chi connectivity index (χ1v) is 54.3. The minimum atomic E-state index is -6.54. The lowest BCUT2D eigenvalue weighted by atomic mass is 9.87. The summed E-state index contributed by atoms with van der Waals surface area (Å²) in [5.41, 5.74) is 9.68. The van der Waals surface area contributed by atoms with Gasteiger partial charge < -0.3 is 43.4 Å². The van der Waals surface area contributed by atoms with E-state index in [1.165, 1.54) is 97.7 Å². The molecule has 0 amide bonds. The van der Waals surface area contributed by atoms with E-state index in [4.69, 9.17) is 25.2 Å². The molecule has 12 aromatic rings. The molecule has 0 saturated heterocycles. The van der Waals surface area contributed by atoms with Gasteiger partial charge in [-0.05, 0) is 239 Å². The van der Waals surface area contributed by atoms with E-state index in [1.54, 1.807) is 0 Å². The summed E-state index contributed by atoms with van der Waals surface area (Å²) in [5.74, 6) is 0.913. The van der Waals surface area contributed by atoms with Gasteiger partial charge in [0.25, 0.3) is 0 Å². The lowest BCUT2D eigenvalue weighted by Gasteiger charge is -2.26. The van der Waals surface area contributed by atoms with Crippen LogP contribution in [0, 0.1) is 27.7 Å². The lowest BCUT2D eigenvalue weighted by Crippen LogP contribution is -2.49. The number of aliphatic hydroxyl groups is 4. The minimum absolute atomic E-state index is 0.0229. The zero-order valence-electron chi connectivity index (χ0n) is 82.3. The molecule has 0 fully saturated rings. The normalized spacial score (nSPS) is 13.6. The fraction of sp³-hybridized carbons (Fsp3) is 0.308. The van der Waals surface area contributed by atoms with E-state index in [0.717, 1.165) is 5.75 Å². The Bertz CT molecular complexity index is 6090. The van der Waals surface area contributed by atoms with Crippen molar-refractivity contribution in [2.45, 2.75) is 262 Å². The molecule has 149 heavy (non-hydrogen) atoms. The van der Waals surface area contributed by atoms with E-state index in [2.05, 4.69) is 426 Å². The molecule has 4 unspecified atom stereocenters. The molecule has 0 saturated carbocycles. The molecule has 17 nitrogen and oxygen atoms in total. The van der Waals surface area contributed by atoms with E-state index >= 15 is 0 Å². The number of ether oxygens (including phenoxy) is 1. The zero-order valence-corrected chi connectivity index (χ0v) is 88.8. The van der Waals surface area contributed by atoms with Gasteiger partial charge in [0.05, 0.1) is 43.6 Å². The van der Waals surface area contributed by atoms with Crippen LogP contribution in [-0.4, -0.2) is 148 Å². The fourth-order valence-electron chi connectivity index (χ4n) is 12.1. The van der Waals surface area contributed by atoms with Crippen LogP contribution in [0.25, 0.3) is 0 Å². The van der Waals surface area contributed by atoms with Gasteiger partial charge in [-0.25, -0.2) is 33.7 Å². The van der Waals surface area contributed by atoms with Gasteiger partial charge in [-0.1, -0.05) is 242 Å². The van der Waals surface area contributed by atoms with Gasteiger partial charge in [0.1, 0.15) is 11.4 Å². The molecular formula is C104H108F20O17S8. The monoisotopic (exact) mass is 2260 g/mol. The molecule has 0 aliphatic heterocycles. The number of benzene rings is 12. The van der Waals surface area contributed by atoms with Crippen LogP contribution in [0.4, 0.5) is 87.8 Å². The molecule has 45 heteroatoms. The Hall–Kier alpha value is -10.1. The SMILES string of the molecule is CC(C)(C)Oc1ccc([S+](c2ccccc2)c2ccccc2)cc1.CC(C)(C)c1ccc([S+](c2ccc(C(C)(C)C)cc2)c2ccc(C(C)(C)C)cc2)cc1.Cc1ccc([S+](c2ccc(C)cc2)c2ccc(C)cc2)cc1.Cc1ccc([S+](c2ccccc2)c2ccccc2)cc1.O=S(=O)([O-])C(F)(F)C(O)C(F)(F)F.O=S(=O)([O-])C(F)(F)C(O)C(F)(F)F.O=S(=O)([O-])C(F)(F)C(O)C(F)(F)F.O=S(=O)([O-])C(F)(F)C(O)C(F)(F)F. The van der Waals surface area contributed by atoms with E-state index in [0.29, 0.717) is 0 Å². The molecule has 12 rings (SSSR count). The molecule has 0 spiro atoms. The molecular weight excluding hydrogens is 2160 g/mol. The van der Waals surface area contributed by atoms with Gasteiger partial charge in [0.2, 0.25) is 24.4 Å². The molecule has 0 aliphatic rings. The number of rotatable bonds is 21. The standard InChI is InChI=1S/C30H39S.C22H23OS.C21H21S.C19H17S.4C3H3F5O4S/c1-28(2,3)22-10-16-25(17-11-22)31(26-18-12-23(13-19-26)29(4,5)6)27-20-14-24(15-21-27)30(7,8)9;1-22(2,3)23-18-14-16-21(17-15-18)24(19-10-6-4-7-11-19)20-12-8-5-9-13-20;1-16-4-10-19(11-5-16)22(20-12-6-17(2)7-13-20)21-14-8-18(3)9-15-21;1-16-12-14-19(15-13-16)20(17-8-4-2-5-9-17)18-10-6-3-7-11-18;4*4-2(5,6)1(9)3(7,8)13(10,11)12/h10-21H,1-9H3;4-17H,1-3H3;4-15H,1-3H3;2-15H,1H3;4*1,9H,(H,10,11,12)/q4*+1;;;;/p-4. The predicted molar refractivity (Wildman–Crippen MR) is 528 cm³/mol. The van der Waals surface area contributed by atoms with Gasteiger partial charge in [0, 0.05) is 0 Å². The molecule has 0 aromatic heterocycles. The molecule has 4 atom stereocenters. The van der Waals surface area contributed by atoms with Crippen LogP contribution in [-0.2, 0) is 100 Å². The number of hydrogen-bond acceptors (Lipinski definition) is 17. The van der Waals surface area contributed by atoms with Crippen LogP contribution >= 0.6 is 0 Å².